The predicted molar refractivity (Wildman–Crippen MR) is 121 cm³/mol. The van der Waals surface area contributed by atoms with Crippen LogP contribution >= 0.6 is 0 Å². The van der Waals surface area contributed by atoms with Crippen molar-refractivity contribution in [3.63, 3.8) is 0 Å². The number of aryl methyl sites for hydroxylation is 1. The Bertz CT molecular complexity index is 869. The van der Waals surface area contributed by atoms with Crippen LogP contribution in [0.4, 0.5) is 10.5 Å². The minimum atomic E-state index is -0.887. The fourth-order valence-corrected chi connectivity index (χ4v) is 4.27. The normalized spacial score (nSPS) is 17.5. The first kappa shape index (κ1) is 21.4. The lowest BCUT2D eigenvalue weighted by atomic mass is 9.84. The predicted octanol–water partition coefficient (Wildman–Crippen LogP) is 5.93. The average Bonchev–Trinajstić information content (AvgIpc) is 3.06. The van der Waals surface area contributed by atoms with E-state index in [2.05, 4.69) is 57.8 Å². The van der Waals surface area contributed by atoms with Crippen molar-refractivity contribution in [3.05, 3.63) is 53.6 Å². The van der Waals surface area contributed by atoms with E-state index < -0.39 is 6.09 Å². The summed E-state index contributed by atoms with van der Waals surface area (Å²) in [6.07, 6.45) is 2.32. The van der Waals surface area contributed by atoms with E-state index >= 15 is 0 Å². The molecule has 4 nitrogen and oxygen atoms in total. The van der Waals surface area contributed by atoms with E-state index in [0.717, 1.165) is 36.2 Å². The quantitative estimate of drug-likeness (QED) is 0.684. The molecule has 29 heavy (non-hydrogen) atoms. The zero-order chi connectivity index (χ0) is 21.2. The van der Waals surface area contributed by atoms with E-state index in [9.17, 15) is 9.90 Å². The number of benzene rings is 2. The van der Waals surface area contributed by atoms with E-state index in [1.54, 1.807) is 0 Å². The molecule has 3 rings (SSSR count). The Morgan fingerprint density at radius 2 is 1.93 bits per heavy atom. The first-order valence-electron chi connectivity index (χ1n) is 10.6. The Hall–Kier alpha value is -2.33. The van der Waals surface area contributed by atoms with Gasteiger partial charge < -0.3 is 10.0 Å². The summed E-state index contributed by atoms with van der Waals surface area (Å²) in [6, 6.07) is 14.9. The molecule has 1 amide bonds. The number of anilines is 1. The Balaban J connectivity index is 1.96. The minimum Gasteiger partial charge on any atom is -0.465 e. The highest BCUT2D eigenvalue weighted by molar-refractivity contribution is 5.93. The zero-order valence-corrected chi connectivity index (χ0v) is 18.4. The second-order valence-electron chi connectivity index (χ2n) is 9.35. The lowest BCUT2D eigenvalue weighted by Gasteiger charge is -2.27. The first-order valence-corrected chi connectivity index (χ1v) is 10.6. The lowest BCUT2D eigenvalue weighted by Crippen LogP contribution is -2.35. The number of hydrogen-bond donors (Lipinski definition) is 1. The van der Waals surface area contributed by atoms with Gasteiger partial charge in [0.15, 0.2) is 0 Å². The van der Waals surface area contributed by atoms with Crippen LogP contribution in [0, 0.1) is 6.92 Å². The van der Waals surface area contributed by atoms with Crippen molar-refractivity contribution in [2.75, 3.05) is 25.0 Å². The number of nitrogens with zero attached hydrogens (tertiary/aromatic N) is 2. The highest BCUT2D eigenvalue weighted by Crippen LogP contribution is 2.35. The highest BCUT2D eigenvalue weighted by atomic mass is 16.4. The molecule has 0 saturated carbocycles. The summed E-state index contributed by atoms with van der Waals surface area (Å²) in [5, 5.41) is 9.99. The van der Waals surface area contributed by atoms with Gasteiger partial charge in [0.05, 0.1) is 5.69 Å². The van der Waals surface area contributed by atoms with Crippen molar-refractivity contribution < 1.29 is 9.90 Å². The monoisotopic (exact) mass is 394 g/mol. The van der Waals surface area contributed by atoms with Crippen molar-refractivity contribution in [1.29, 1.82) is 0 Å². The van der Waals surface area contributed by atoms with E-state index in [4.69, 9.17) is 0 Å². The number of carbonyl (C=O) groups is 1. The van der Waals surface area contributed by atoms with Gasteiger partial charge in [-0.05, 0) is 62.4 Å². The van der Waals surface area contributed by atoms with E-state index in [1.165, 1.54) is 22.4 Å². The molecular weight excluding hydrogens is 360 g/mol. The molecule has 4 heteroatoms. The third kappa shape index (κ3) is 4.99. The SMILES string of the molecule is Cc1cc(-c2ccccc2N(CCC2CCCN2C)C(=O)O)cc(C(C)(C)C)c1. The summed E-state index contributed by atoms with van der Waals surface area (Å²) in [7, 11) is 2.14. The summed E-state index contributed by atoms with van der Waals surface area (Å²) in [6.45, 7) is 10.3. The summed E-state index contributed by atoms with van der Waals surface area (Å²) < 4.78 is 0. The molecule has 156 valence electrons. The van der Waals surface area contributed by atoms with Crippen LogP contribution in [-0.4, -0.2) is 42.3 Å². The standard InChI is InChI=1S/C25H34N2O2/c1-18-15-19(17-20(16-18)25(2,3)4)22-10-6-7-11-23(22)27(24(28)29)14-12-21-9-8-13-26(21)5/h6-7,10-11,15-17,21H,8-9,12-14H2,1-5H3,(H,28,29). The largest absolute Gasteiger partial charge is 0.465 e. The van der Waals surface area contributed by atoms with Crippen LogP contribution in [0.3, 0.4) is 0 Å². The van der Waals surface area contributed by atoms with E-state index in [1.807, 2.05) is 24.3 Å². The molecule has 2 aromatic rings. The first-order chi connectivity index (χ1) is 13.7. The van der Waals surface area contributed by atoms with Gasteiger partial charge >= 0.3 is 6.09 Å². The van der Waals surface area contributed by atoms with Crippen LogP contribution in [-0.2, 0) is 5.41 Å². The zero-order valence-electron chi connectivity index (χ0n) is 18.4. The molecule has 0 bridgehead atoms. The van der Waals surface area contributed by atoms with Crippen LogP contribution in [0.1, 0.15) is 51.2 Å². The average molecular weight is 395 g/mol. The highest BCUT2D eigenvalue weighted by Gasteiger charge is 2.25. The third-order valence-corrected chi connectivity index (χ3v) is 6.04. The van der Waals surface area contributed by atoms with Crippen molar-refractivity contribution in [2.24, 2.45) is 0 Å². The molecule has 0 radical (unpaired) electrons. The van der Waals surface area contributed by atoms with Crippen molar-refractivity contribution in [3.8, 4) is 11.1 Å². The van der Waals surface area contributed by atoms with Gasteiger partial charge in [-0.3, -0.25) is 4.90 Å². The number of para-hydroxylation sites is 1. The van der Waals surface area contributed by atoms with Gasteiger partial charge in [0.2, 0.25) is 0 Å². The number of amides is 1. The Labute approximate surface area is 175 Å². The number of rotatable bonds is 5. The van der Waals surface area contributed by atoms with Gasteiger partial charge in [0.1, 0.15) is 0 Å². The van der Waals surface area contributed by atoms with Gasteiger partial charge in [-0.2, -0.15) is 0 Å². The van der Waals surface area contributed by atoms with Gasteiger partial charge in [-0.15, -0.1) is 0 Å². The summed E-state index contributed by atoms with van der Waals surface area (Å²) in [4.78, 5) is 16.1. The van der Waals surface area contributed by atoms with Gasteiger partial charge in [-0.25, -0.2) is 4.79 Å². The molecule has 1 saturated heterocycles. The van der Waals surface area contributed by atoms with Crippen LogP contribution in [0.2, 0.25) is 0 Å². The Kier molecular flexibility index (Phi) is 6.33. The van der Waals surface area contributed by atoms with Crippen LogP contribution in [0.25, 0.3) is 11.1 Å². The summed E-state index contributed by atoms with van der Waals surface area (Å²) >= 11 is 0. The van der Waals surface area contributed by atoms with Crippen molar-refractivity contribution in [1.82, 2.24) is 4.90 Å². The fraction of sp³-hybridized carbons (Fsp3) is 0.480. The molecule has 0 spiro atoms. The van der Waals surface area contributed by atoms with Gasteiger partial charge in [0, 0.05) is 18.2 Å². The summed E-state index contributed by atoms with van der Waals surface area (Å²) in [5.41, 5.74) is 5.31. The Morgan fingerprint density at radius 3 is 2.55 bits per heavy atom. The molecule has 1 heterocycles. The maximum Gasteiger partial charge on any atom is 0.411 e. The minimum absolute atomic E-state index is 0.0370. The molecule has 0 aromatic heterocycles. The third-order valence-electron chi connectivity index (χ3n) is 6.04. The van der Waals surface area contributed by atoms with Crippen LogP contribution in [0.5, 0.6) is 0 Å². The maximum atomic E-state index is 12.2. The van der Waals surface area contributed by atoms with Gasteiger partial charge in [-0.1, -0.05) is 62.7 Å². The van der Waals surface area contributed by atoms with Crippen molar-refractivity contribution in [2.45, 2.75) is 58.4 Å². The number of likely N-dealkylation sites (tertiary alicyclic amines) is 1. The number of hydrogen-bond acceptors (Lipinski definition) is 2. The molecule has 1 unspecified atom stereocenters. The second-order valence-corrected chi connectivity index (χ2v) is 9.35. The smallest absolute Gasteiger partial charge is 0.411 e. The summed E-state index contributed by atoms with van der Waals surface area (Å²) in [5.74, 6) is 0. The van der Waals surface area contributed by atoms with Crippen LogP contribution in [0.15, 0.2) is 42.5 Å². The molecule has 0 aliphatic carbocycles. The van der Waals surface area contributed by atoms with E-state index in [0.29, 0.717) is 12.6 Å². The Morgan fingerprint density at radius 1 is 1.21 bits per heavy atom. The van der Waals surface area contributed by atoms with Gasteiger partial charge in [0.25, 0.3) is 0 Å². The molecule has 1 N–H and O–H groups in total. The maximum absolute atomic E-state index is 12.2. The van der Waals surface area contributed by atoms with Crippen LogP contribution < -0.4 is 4.90 Å². The molecule has 1 atom stereocenters. The lowest BCUT2D eigenvalue weighted by molar-refractivity contribution is 0.200. The molecule has 1 fully saturated rings. The van der Waals surface area contributed by atoms with E-state index in [-0.39, 0.29) is 5.41 Å². The molecule has 2 aromatic carbocycles. The second kappa shape index (κ2) is 8.58. The van der Waals surface area contributed by atoms with Crippen molar-refractivity contribution >= 4 is 11.8 Å². The fourth-order valence-electron chi connectivity index (χ4n) is 4.27. The molecular formula is C25H34N2O2. The topological polar surface area (TPSA) is 43.8 Å². The molecule has 1 aliphatic heterocycles. The molecule has 1 aliphatic rings. The number of carboxylic acid groups (broad SMARTS) is 1.